The number of anilines is 4. The molecule has 4 aromatic rings. The fourth-order valence-electron chi connectivity index (χ4n) is 8.34. The van der Waals surface area contributed by atoms with Crippen molar-refractivity contribution >= 4 is 66.7 Å². The van der Waals surface area contributed by atoms with E-state index in [-0.39, 0.29) is 75.6 Å². The van der Waals surface area contributed by atoms with Gasteiger partial charge in [0.1, 0.15) is 34.3 Å². The highest BCUT2D eigenvalue weighted by atomic mass is 35.5. The van der Waals surface area contributed by atoms with Crippen LogP contribution in [0.2, 0.25) is 0 Å². The highest BCUT2D eigenvalue weighted by molar-refractivity contribution is 7.89. The summed E-state index contributed by atoms with van der Waals surface area (Å²) in [6.07, 6.45) is 5.42. The van der Waals surface area contributed by atoms with E-state index in [1.54, 1.807) is 0 Å². The first-order valence-electron chi connectivity index (χ1n) is 23.1. The lowest BCUT2D eigenvalue weighted by molar-refractivity contribution is 0.102. The first-order valence-corrected chi connectivity index (χ1v) is 26.9. The number of hydrogen-bond acceptors (Lipinski definition) is 18. The number of ether oxygens (including phenoxy) is 2. The molecule has 0 spiro atoms. The number of methoxy groups -OCH3 is 2. The summed E-state index contributed by atoms with van der Waals surface area (Å²) >= 11 is 5.59. The summed E-state index contributed by atoms with van der Waals surface area (Å²) in [4.78, 5) is 46.6. The number of ketones is 2. The van der Waals surface area contributed by atoms with Gasteiger partial charge >= 0.3 is 0 Å². The second kappa shape index (κ2) is 24.9. The maximum Gasteiger partial charge on any atom is 0.224 e. The highest BCUT2D eigenvalue weighted by Gasteiger charge is 2.32. The fraction of sp³-hybridized carbons (Fsp3) is 0.511. The molecule has 3 fully saturated rings. The third-order valence-electron chi connectivity index (χ3n) is 12.5. The zero-order valence-electron chi connectivity index (χ0n) is 40.1. The maximum atomic E-state index is 14.4. The number of carbonyl (C=O) groups excluding carboxylic acids is 2. The topological polar surface area (TPSA) is 262 Å². The van der Waals surface area contributed by atoms with Gasteiger partial charge in [0.05, 0.1) is 36.9 Å². The summed E-state index contributed by atoms with van der Waals surface area (Å²) < 4.78 is 119. The largest absolute Gasteiger partial charge is 0.496 e. The molecule has 0 radical (unpaired) electrons. The quantitative estimate of drug-likeness (QED) is 0.0591. The molecule has 0 aliphatic carbocycles. The predicted octanol–water partition coefficient (Wildman–Crippen LogP) is 3.83. The number of sulfonamides is 2. The Morgan fingerprint density at radius 3 is 1.44 bits per heavy atom. The van der Waals surface area contributed by atoms with Crippen molar-refractivity contribution in [3.05, 3.63) is 82.2 Å². The molecule has 2 aromatic heterocycles. The second-order valence-electron chi connectivity index (χ2n) is 17.3. The van der Waals surface area contributed by atoms with E-state index >= 15 is 0 Å². The molecular formula is C45H59ClF4N12O8S2. The molecule has 0 bridgehead atoms. The number of likely N-dealkylation sites (N-methyl/N-ethyl adjacent to an activating group) is 1. The zero-order chi connectivity index (χ0) is 52.3. The number of halogens is 5. The number of rotatable bonds is 19. The van der Waals surface area contributed by atoms with Crippen molar-refractivity contribution in [3.63, 3.8) is 0 Å². The Morgan fingerprint density at radius 2 is 1.07 bits per heavy atom. The van der Waals surface area contributed by atoms with Gasteiger partial charge in [-0.2, -0.15) is 9.97 Å². The normalized spacial score (nSPS) is 16.9. The Morgan fingerprint density at radius 1 is 0.667 bits per heavy atom. The van der Waals surface area contributed by atoms with Gasteiger partial charge in [0.15, 0.2) is 23.3 Å². The molecule has 7 rings (SSSR count). The van der Waals surface area contributed by atoms with Crippen molar-refractivity contribution in [2.24, 2.45) is 0 Å². The maximum absolute atomic E-state index is 14.4. The smallest absolute Gasteiger partial charge is 0.224 e. The number of piperazine rings is 1. The molecule has 5 heterocycles. The van der Waals surface area contributed by atoms with Gasteiger partial charge in [0, 0.05) is 82.7 Å². The van der Waals surface area contributed by atoms with Crippen molar-refractivity contribution in [1.29, 1.82) is 0 Å². The van der Waals surface area contributed by atoms with Gasteiger partial charge in [-0.05, 0) is 76.4 Å². The minimum absolute atomic E-state index is 0.0143. The lowest BCUT2D eigenvalue weighted by atomic mass is 10.0. The average molecular weight is 1070 g/mol. The molecule has 0 atom stereocenters. The van der Waals surface area contributed by atoms with E-state index < -0.39 is 66.0 Å². The van der Waals surface area contributed by atoms with E-state index in [9.17, 15) is 44.0 Å². The second-order valence-corrected chi connectivity index (χ2v) is 21.9. The molecule has 3 saturated heterocycles. The molecule has 0 amide bonds. The van der Waals surface area contributed by atoms with E-state index in [1.807, 2.05) is 0 Å². The monoisotopic (exact) mass is 1070 g/mol. The van der Waals surface area contributed by atoms with Crippen molar-refractivity contribution in [2.75, 3.05) is 120 Å². The molecule has 3 aliphatic rings. The van der Waals surface area contributed by atoms with Crippen LogP contribution in [0.5, 0.6) is 11.5 Å². The number of nitrogens with two attached hydrogens (primary N) is 2. The molecule has 0 unspecified atom stereocenters. The number of hydrogen-bond donors (Lipinski definition) is 4. The van der Waals surface area contributed by atoms with Gasteiger partial charge < -0.3 is 41.4 Å². The number of nitrogens with zero attached hydrogens (tertiary/aromatic N) is 8. The Balaban J connectivity index is 0.000000239. The van der Waals surface area contributed by atoms with Gasteiger partial charge in [-0.15, -0.1) is 11.6 Å². The number of carbonyl (C=O) groups is 2. The van der Waals surface area contributed by atoms with E-state index in [4.69, 9.17) is 32.5 Å². The Bertz CT molecular complexity index is 2780. The van der Waals surface area contributed by atoms with Crippen LogP contribution in [-0.4, -0.2) is 176 Å². The van der Waals surface area contributed by atoms with Crippen LogP contribution in [0, 0.1) is 23.3 Å². The molecule has 20 nitrogen and oxygen atoms in total. The number of aromatic nitrogens is 4. The third kappa shape index (κ3) is 14.0. The van der Waals surface area contributed by atoms with Crippen LogP contribution in [0.15, 0.2) is 36.7 Å². The van der Waals surface area contributed by atoms with Gasteiger partial charge in [-0.3, -0.25) is 9.59 Å². The summed E-state index contributed by atoms with van der Waals surface area (Å²) in [5.41, 5.74) is 10.3. The molecular weight excluding hydrogens is 1010 g/mol. The summed E-state index contributed by atoms with van der Waals surface area (Å²) in [6, 6.07) is 3.81. The molecule has 72 heavy (non-hydrogen) atoms. The van der Waals surface area contributed by atoms with Gasteiger partial charge in [-0.1, -0.05) is 0 Å². The lowest BCUT2D eigenvalue weighted by Gasteiger charge is -2.33. The first kappa shape index (κ1) is 55.8. The van der Waals surface area contributed by atoms with Crippen LogP contribution in [0.4, 0.5) is 41.1 Å². The Kier molecular flexibility index (Phi) is 19.3. The highest BCUT2D eigenvalue weighted by Crippen LogP contribution is 2.30. The molecule has 6 N–H and O–H groups in total. The zero-order valence-corrected chi connectivity index (χ0v) is 42.4. The van der Waals surface area contributed by atoms with E-state index in [1.165, 1.54) is 22.8 Å². The van der Waals surface area contributed by atoms with Crippen LogP contribution in [0.25, 0.3) is 0 Å². The van der Waals surface area contributed by atoms with Crippen molar-refractivity contribution in [1.82, 2.24) is 38.3 Å². The van der Waals surface area contributed by atoms with Crippen LogP contribution >= 0.6 is 11.6 Å². The molecule has 0 saturated carbocycles. The van der Waals surface area contributed by atoms with Gasteiger partial charge in [0.25, 0.3) is 0 Å². The summed E-state index contributed by atoms with van der Waals surface area (Å²) in [5.74, 6) is -6.89. The number of benzene rings is 2. The van der Waals surface area contributed by atoms with Crippen molar-refractivity contribution in [2.45, 2.75) is 50.6 Å². The minimum atomic E-state index is -3.34. The Hall–Kier alpha value is -5.51. The van der Waals surface area contributed by atoms with E-state index in [0.29, 0.717) is 64.7 Å². The summed E-state index contributed by atoms with van der Waals surface area (Å²) in [7, 11) is -2.12. The number of nitrogen functional groups attached to an aromatic ring is 2. The number of nitrogens with one attached hydrogen (secondary N) is 2. The molecule has 394 valence electrons. The lowest BCUT2D eigenvalue weighted by Crippen LogP contribution is -2.46. The SMILES string of the molecule is COc1ccc(F)c(F)c1C(=O)c1cnc(NC2CCN(S(=O)(=O)CCCCl)CC2)nc1N.COc1ccc(F)c(F)c1C(=O)c1cnc(NC2CCN(S(=O)(=O)CCCN3CCN(C)CC3)CC2)nc1N. The van der Waals surface area contributed by atoms with Crippen LogP contribution < -0.4 is 31.6 Å². The summed E-state index contributed by atoms with van der Waals surface area (Å²) in [6.45, 7) is 6.14. The summed E-state index contributed by atoms with van der Waals surface area (Å²) in [5, 5.41) is 6.20. The first-order chi connectivity index (χ1) is 34.3. The molecule has 27 heteroatoms. The fourth-order valence-corrected chi connectivity index (χ4v) is 11.7. The standard InChI is InChI=1S/C25H35F2N7O4S.C20H24ClF2N5O4S/c1-32-11-13-33(14-12-32)8-3-15-39(36,37)34-9-6-17(7-10-34)30-25-29-16-18(24(28)31-25)23(35)21-20(38-2)5-4-19(26)22(21)27;1-32-15-4-3-14(22)17(23)16(15)18(29)13-11-25-20(27-19(13)24)26-12-5-8-28(9-6-12)33(30,31)10-2-7-21/h4-5,16-17H,3,6-15H2,1-2H3,(H3,28,29,30,31);3-4,11-12H,2,5-10H2,1H3,(H3,24,25,26,27). The third-order valence-corrected chi connectivity index (χ3v) is 16.7. The van der Waals surface area contributed by atoms with Gasteiger partial charge in [0.2, 0.25) is 43.5 Å². The molecule has 3 aliphatic heterocycles. The van der Waals surface area contributed by atoms with Crippen LogP contribution in [0.3, 0.4) is 0 Å². The van der Waals surface area contributed by atoms with Crippen molar-refractivity contribution < 1.29 is 53.5 Å². The van der Waals surface area contributed by atoms with Gasteiger partial charge in [-0.25, -0.2) is 53.0 Å². The van der Waals surface area contributed by atoms with Crippen LogP contribution in [0.1, 0.15) is 70.4 Å². The Labute approximate surface area is 420 Å². The molecule has 2 aromatic carbocycles. The minimum Gasteiger partial charge on any atom is -0.496 e. The number of alkyl halides is 1. The van der Waals surface area contributed by atoms with E-state index in [2.05, 4.69) is 47.4 Å². The van der Waals surface area contributed by atoms with E-state index in [0.717, 1.165) is 69.4 Å². The average Bonchev–Trinajstić information content (AvgIpc) is 3.35. The van der Waals surface area contributed by atoms with Crippen molar-refractivity contribution in [3.8, 4) is 11.5 Å². The number of piperidine rings is 2. The predicted molar refractivity (Wildman–Crippen MR) is 263 cm³/mol. The van der Waals surface area contributed by atoms with Crippen LogP contribution in [-0.2, 0) is 20.0 Å².